The van der Waals surface area contributed by atoms with Gasteiger partial charge in [-0.1, -0.05) is 43.0 Å². The predicted molar refractivity (Wildman–Crippen MR) is 136 cm³/mol. The molecule has 0 aliphatic rings. The van der Waals surface area contributed by atoms with Gasteiger partial charge in [-0.25, -0.2) is 4.39 Å². The molecule has 0 aliphatic carbocycles. The molecule has 0 unspecified atom stereocenters. The van der Waals surface area contributed by atoms with Gasteiger partial charge in [0.05, 0.1) is 10.6 Å². The largest absolute Gasteiger partial charge is 0.400 e. The van der Waals surface area contributed by atoms with E-state index in [1.54, 1.807) is 46.0 Å². The highest BCUT2D eigenvalue weighted by molar-refractivity contribution is 6.32. The highest BCUT2D eigenvalue weighted by Gasteiger charge is 2.20. The maximum atomic E-state index is 13.4. The van der Waals surface area contributed by atoms with Gasteiger partial charge in [0, 0.05) is 44.3 Å². The third-order valence-corrected chi connectivity index (χ3v) is 3.76. The minimum Gasteiger partial charge on any atom is -0.400 e. The second kappa shape index (κ2) is 18.6. The lowest BCUT2D eigenvalue weighted by Gasteiger charge is -2.24. The number of allylic oxidation sites excluding steroid dienone is 6. The molecule has 5 nitrogen and oxygen atoms in total. The van der Waals surface area contributed by atoms with E-state index in [0.29, 0.717) is 28.7 Å². The Balaban J connectivity index is -0.000000862. The topological polar surface area (TPSA) is 77.8 Å². The lowest BCUT2D eigenvalue weighted by molar-refractivity contribution is -0.125. The third kappa shape index (κ3) is 14.7. The average molecular weight is 480 g/mol. The highest BCUT2D eigenvalue weighted by Crippen LogP contribution is 2.35. The molecule has 1 aromatic rings. The van der Waals surface area contributed by atoms with Gasteiger partial charge in [-0.3, -0.25) is 4.79 Å². The number of carbonyl (C=O) groups is 2. The fraction of sp³-hybridized carbons (Fsp3) is 0.308. The zero-order valence-corrected chi connectivity index (χ0v) is 21.0. The van der Waals surface area contributed by atoms with E-state index in [9.17, 15) is 14.0 Å². The molecule has 7 heteroatoms. The first kappa shape index (κ1) is 34.6. The molecule has 0 bridgehead atoms. The molecular formula is C26H35ClFNO4. The number of nitrogens with zero attached hydrogens (tertiary/aromatic N) is 1. The summed E-state index contributed by atoms with van der Waals surface area (Å²) in [6.45, 7) is 14.0. The van der Waals surface area contributed by atoms with Crippen LogP contribution < -0.4 is 0 Å². The van der Waals surface area contributed by atoms with Crippen LogP contribution in [0.2, 0.25) is 5.02 Å². The molecule has 0 atom stereocenters. The van der Waals surface area contributed by atoms with Crippen molar-refractivity contribution >= 4 is 29.4 Å². The Bertz CT molecular complexity index is 859. The number of hydrogen-bond donors (Lipinski definition) is 2. The van der Waals surface area contributed by atoms with Crippen molar-refractivity contribution in [3.8, 4) is 12.8 Å². The van der Waals surface area contributed by atoms with Crippen molar-refractivity contribution < 1.29 is 24.2 Å². The van der Waals surface area contributed by atoms with E-state index in [1.807, 2.05) is 0 Å². The van der Waals surface area contributed by atoms with Crippen molar-refractivity contribution in [2.75, 3.05) is 14.2 Å². The van der Waals surface area contributed by atoms with Crippen LogP contribution in [-0.4, -0.2) is 47.1 Å². The lowest BCUT2D eigenvalue weighted by atomic mass is 9.93. The Labute approximate surface area is 202 Å². The van der Waals surface area contributed by atoms with Gasteiger partial charge in [0.15, 0.2) is 0 Å². The Kier molecular flexibility index (Phi) is 19.5. The molecule has 0 radical (unpaired) electrons. The lowest BCUT2D eigenvalue weighted by Crippen LogP contribution is -2.25. The van der Waals surface area contributed by atoms with E-state index in [-0.39, 0.29) is 17.4 Å². The van der Waals surface area contributed by atoms with Gasteiger partial charge in [0.1, 0.15) is 12.1 Å². The van der Waals surface area contributed by atoms with Crippen LogP contribution in [0, 0.1) is 18.7 Å². The SMILES string of the molecule is C#C.C=C/C=C(C=C)/C(=C(/CC=O)N(C)C(C)=O)c1ccc(F)cc1Cl.CC(C)(C)O.CO. The first-order valence-corrected chi connectivity index (χ1v) is 10.1. The number of terminal acetylenes is 1. The molecule has 0 fully saturated rings. The molecule has 0 aromatic heterocycles. The van der Waals surface area contributed by atoms with Gasteiger partial charge in [0.2, 0.25) is 5.91 Å². The third-order valence-electron chi connectivity index (χ3n) is 3.45. The molecule has 0 aliphatic heterocycles. The first-order chi connectivity index (χ1) is 15.4. The number of benzene rings is 1. The minimum absolute atomic E-state index is 0.0125. The summed E-state index contributed by atoms with van der Waals surface area (Å²) >= 11 is 6.20. The van der Waals surface area contributed by atoms with Crippen molar-refractivity contribution in [1.82, 2.24) is 4.90 Å². The van der Waals surface area contributed by atoms with Gasteiger partial charge in [-0.05, 0) is 44.5 Å². The minimum atomic E-state index is -0.500. The average Bonchev–Trinajstić information content (AvgIpc) is 2.74. The molecule has 1 aromatic carbocycles. The second-order valence-corrected chi connectivity index (χ2v) is 7.53. The number of amides is 1. The molecule has 182 valence electrons. The van der Waals surface area contributed by atoms with Crippen LogP contribution in [0.4, 0.5) is 4.39 Å². The van der Waals surface area contributed by atoms with Crippen LogP contribution in [0.5, 0.6) is 0 Å². The predicted octanol–water partition coefficient (Wildman–Crippen LogP) is 5.19. The number of aldehydes is 1. The maximum absolute atomic E-state index is 13.4. The Morgan fingerprint density at radius 2 is 1.73 bits per heavy atom. The van der Waals surface area contributed by atoms with Crippen LogP contribution in [0.3, 0.4) is 0 Å². The molecule has 1 rings (SSSR count). The molecular weight excluding hydrogens is 445 g/mol. The van der Waals surface area contributed by atoms with E-state index in [0.717, 1.165) is 7.11 Å². The zero-order chi connectivity index (χ0) is 26.8. The van der Waals surface area contributed by atoms with E-state index < -0.39 is 11.4 Å². The maximum Gasteiger partial charge on any atom is 0.223 e. The number of rotatable bonds is 7. The summed E-state index contributed by atoms with van der Waals surface area (Å²) in [5, 5.41) is 15.7. The fourth-order valence-corrected chi connectivity index (χ4v) is 2.49. The first-order valence-electron chi connectivity index (χ1n) is 9.69. The van der Waals surface area contributed by atoms with Crippen molar-refractivity contribution in [1.29, 1.82) is 0 Å². The number of aliphatic hydroxyl groups excluding tert-OH is 1. The summed E-state index contributed by atoms with van der Waals surface area (Å²) in [5.74, 6) is -0.725. The zero-order valence-electron chi connectivity index (χ0n) is 20.2. The quantitative estimate of drug-likeness (QED) is 0.320. The Hall–Kier alpha value is -2.98. The monoisotopic (exact) mass is 479 g/mol. The van der Waals surface area contributed by atoms with Crippen molar-refractivity contribution in [2.45, 2.75) is 39.7 Å². The highest BCUT2D eigenvalue weighted by atomic mass is 35.5. The summed E-state index contributed by atoms with van der Waals surface area (Å²) in [6, 6.07) is 3.95. The standard InChI is InChI=1S/C19H19ClFNO2.C4H10O.C2H2.CH4O/c1-5-7-14(6-2)19(16-9-8-15(21)12-17(16)20)18(10-11-23)22(4)13(3)24;1-4(2,3)5;2*1-2/h5-9,11-12H,1-2,10H2,3-4H3;5H,1-3H3;1-2H;2H,1H3/b14-7+,19-18+;;;. The summed E-state index contributed by atoms with van der Waals surface area (Å²) in [5.41, 5.74) is 1.58. The molecule has 0 saturated heterocycles. The molecule has 33 heavy (non-hydrogen) atoms. The van der Waals surface area contributed by atoms with Gasteiger partial charge in [0.25, 0.3) is 0 Å². The fourth-order valence-electron chi connectivity index (χ4n) is 2.23. The van der Waals surface area contributed by atoms with Gasteiger partial charge < -0.3 is 19.9 Å². The van der Waals surface area contributed by atoms with Gasteiger partial charge >= 0.3 is 0 Å². The van der Waals surface area contributed by atoms with Crippen LogP contribution in [0.25, 0.3) is 5.57 Å². The molecule has 0 heterocycles. The van der Waals surface area contributed by atoms with Crippen molar-refractivity contribution in [3.63, 3.8) is 0 Å². The number of halogens is 2. The Morgan fingerprint density at radius 3 is 2.06 bits per heavy atom. The Morgan fingerprint density at radius 1 is 1.24 bits per heavy atom. The smallest absolute Gasteiger partial charge is 0.223 e. The molecule has 0 spiro atoms. The molecule has 0 saturated carbocycles. The van der Waals surface area contributed by atoms with Crippen molar-refractivity contribution in [2.24, 2.45) is 0 Å². The molecule has 1 amide bonds. The summed E-state index contributed by atoms with van der Waals surface area (Å²) < 4.78 is 13.4. The van der Waals surface area contributed by atoms with Crippen LogP contribution in [0.1, 0.15) is 39.7 Å². The van der Waals surface area contributed by atoms with Crippen molar-refractivity contribution in [3.05, 3.63) is 77.3 Å². The summed E-state index contributed by atoms with van der Waals surface area (Å²) in [6.07, 6.45) is 13.5. The normalized spacial score (nSPS) is 11.0. The molecule has 2 N–H and O–H groups in total. The van der Waals surface area contributed by atoms with Crippen LogP contribution in [-0.2, 0) is 9.59 Å². The van der Waals surface area contributed by atoms with Crippen LogP contribution in [0.15, 0.2) is 60.9 Å². The van der Waals surface area contributed by atoms with E-state index in [2.05, 4.69) is 26.0 Å². The number of carbonyl (C=O) groups excluding carboxylic acids is 2. The summed E-state index contributed by atoms with van der Waals surface area (Å²) in [7, 11) is 2.56. The summed E-state index contributed by atoms with van der Waals surface area (Å²) in [4.78, 5) is 24.3. The second-order valence-electron chi connectivity index (χ2n) is 7.13. The van der Waals surface area contributed by atoms with Gasteiger partial charge in [-0.15, -0.1) is 12.8 Å². The van der Waals surface area contributed by atoms with Crippen LogP contribution >= 0.6 is 11.6 Å². The van der Waals surface area contributed by atoms with E-state index >= 15 is 0 Å². The number of aliphatic hydroxyl groups is 2. The van der Waals surface area contributed by atoms with E-state index in [1.165, 1.54) is 30.0 Å². The van der Waals surface area contributed by atoms with Gasteiger partial charge in [-0.2, -0.15) is 0 Å². The van der Waals surface area contributed by atoms with E-state index in [4.69, 9.17) is 21.8 Å². The number of hydrogen-bond acceptors (Lipinski definition) is 4.